The Labute approximate surface area is 97.3 Å². The second-order valence-electron chi connectivity index (χ2n) is 4.48. The van der Waals surface area contributed by atoms with Crippen molar-refractivity contribution in [1.29, 1.82) is 0 Å². The predicted molar refractivity (Wildman–Crippen MR) is 65.1 cm³/mol. The molecule has 1 heterocycles. The quantitative estimate of drug-likeness (QED) is 0.732. The monoisotopic (exact) mass is 226 g/mol. The fourth-order valence-corrected chi connectivity index (χ4v) is 1.46. The van der Waals surface area contributed by atoms with E-state index < -0.39 is 0 Å². The average Bonchev–Trinajstić information content (AvgIpc) is 2.21. The normalized spacial score (nSPS) is 12.1. The summed E-state index contributed by atoms with van der Waals surface area (Å²) in [5, 5.41) is 0.608. The van der Waals surface area contributed by atoms with E-state index in [1.54, 1.807) is 6.20 Å². The topological polar surface area (TPSA) is 16.1 Å². The Morgan fingerprint density at radius 3 is 2.67 bits per heavy atom. The van der Waals surface area contributed by atoms with Gasteiger partial charge in [0.1, 0.15) is 5.15 Å². The van der Waals surface area contributed by atoms with Gasteiger partial charge in [0.05, 0.1) is 0 Å². The number of pyridine rings is 1. The van der Waals surface area contributed by atoms with E-state index in [1.807, 2.05) is 12.1 Å². The van der Waals surface area contributed by atoms with E-state index in [0.717, 1.165) is 18.5 Å². The Balaban J connectivity index is 2.75. The molecular formula is C12H19ClN2. The summed E-state index contributed by atoms with van der Waals surface area (Å²) in [6.45, 7) is 7.50. The SMILES string of the molecule is CCC(C)(C)N(C)Cc1cccnc1Cl. The molecule has 0 amide bonds. The maximum Gasteiger partial charge on any atom is 0.133 e. The smallest absolute Gasteiger partial charge is 0.133 e. The molecule has 0 unspecified atom stereocenters. The van der Waals surface area contributed by atoms with Crippen molar-refractivity contribution < 1.29 is 0 Å². The van der Waals surface area contributed by atoms with Gasteiger partial charge in [-0.1, -0.05) is 24.6 Å². The van der Waals surface area contributed by atoms with Crippen LogP contribution in [0.3, 0.4) is 0 Å². The maximum absolute atomic E-state index is 6.02. The maximum atomic E-state index is 6.02. The molecular weight excluding hydrogens is 208 g/mol. The van der Waals surface area contributed by atoms with Crippen molar-refractivity contribution >= 4 is 11.6 Å². The van der Waals surface area contributed by atoms with E-state index in [4.69, 9.17) is 11.6 Å². The van der Waals surface area contributed by atoms with E-state index in [0.29, 0.717) is 5.15 Å². The van der Waals surface area contributed by atoms with Gasteiger partial charge in [-0.15, -0.1) is 0 Å². The first-order chi connectivity index (χ1) is 6.97. The summed E-state index contributed by atoms with van der Waals surface area (Å²) < 4.78 is 0. The van der Waals surface area contributed by atoms with E-state index in [2.05, 4.69) is 37.7 Å². The molecule has 2 nitrogen and oxygen atoms in total. The minimum atomic E-state index is 0.194. The minimum absolute atomic E-state index is 0.194. The minimum Gasteiger partial charge on any atom is -0.297 e. The highest BCUT2D eigenvalue weighted by Gasteiger charge is 2.21. The van der Waals surface area contributed by atoms with Crippen LogP contribution in [-0.4, -0.2) is 22.5 Å². The van der Waals surface area contributed by atoms with E-state index in [9.17, 15) is 0 Å². The van der Waals surface area contributed by atoms with E-state index in [1.165, 1.54) is 0 Å². The van der Waals surface area contributed by atoms with Crippen LogP contribution in [0.2, 0.25) is 5.15 Å². The molecule has 0 aliphatic carbocycles. The van der Waals surface area contributed by atoms with Gasteiger partial charge in [0.15, 0.2) is 0 Å². The molecule has 0 atom stereocenters. The number of halogens is 1. The van der Waals surface area contributed by atoms with Crippen LogP contribution in [0, 0.1) is 0 Å². The summed E-state index contributed by atoms with van der Waals surface area (Å²) in [5.41, 5.74) is 1.28. The molecule has 0 aliphatic heterocycles. The van der Waals surface area contributed by atoms with Crippen molar-refractivity contribution in [3.8, 4) is 0 Å². The van der Waals surface area contributed by atoms with Crippen LogP contribution in [0.25, 0.3) is 0 Å². The van der Waals surface area contributed by atoms with Crippen LogP contribution in [0.1, 0.15) is 32.8 Å². The lowest BCUT2D eigenvalue weighted by Gasteiger charge is -2.34. The molecule has 0 radical (unpaired) electrons. The second kappa shape index (κ2) is 4.95. The Morgan fingerprint density at radius 1 is 1.47 bits per heavy atom. The molecule has 0 fully saturated rings. The largest absolute Gasteiger partial charge is 0.297 e. The molecule has 15 heavy (non-hydrogen) atoms. The molecule has 0 aromatic carbocycles. The average molecular weight is 227 g/mol. The Morgan fingerprint density at radius 2 is 2.13 bits per heavy atom. The van der Waals surface area contributed by atoms with Crippen molar-refractivity contribution in [2.75, 3.05) is 7.05 Å². The zero-order valence-corrected chi connectivity index (χ0v) is 10.7. The summed E-state index contributed by atoms with van der Waals surface area (Å²) in [6, 6.07) is 3.95. The van der Waals surface area contributed by atoms with Crippen LogP contribution in [0.4, 0.5) is 0 Å². The Bertz CT molecular complexity index is 323. The molecule has 1 aromatic rings. The lowest BCUT2D eigenvalue weighted by Crippen LogP contribution is -2.39. The number of hydrogen-bond donors (Lipinski definition) is 0. The molecule has 3 heteroatoms. The van der Waals surface area contributed by atoms with Crippen LogP contribution in [0.15, 0.2) is 18.3 Å². The molecule has 0 bridgehead atoms. The molecule has 84 valence electrons. The van der Waals surface area contributed by atoms with Gasteiger partial charge >= 0.3 is 0 Å². The molecule has 0 N–H and O–H groups in total. The van der Waals surface area contributed by atoms with Crippen LogP contribution < -0.4 is 0 Å². The lowest BCUT2D eigenvalue weighted by atomic mass is 9.99. The third-order valence-electron chi connectivity index (χ3n) is 3.14. The molecule has 1 rings (SSSR count). The third kappa shape index (κ3) is 3.18. The van der Waals surface area contributed by atoms with Crippen molar-refractivity contribution in [3.63, 3.8) is 0 Å². The zero-order valence-electron chi connectivity index (χ0n) is 9.92. The summed E-state index contributed by atoms with van der Waals surface area (Å²) in [7, 11) is 2.12. The third-order valence-corrected chi connectivity index (χ3v) is 3.48. The highest BCUT2D eigenvalue weighted by molar-refractivity contribution is 6.30. The number of hydrogen-bond acceptors (Lipinski definition) is 2. The number of nitrogens with zero attached hydrogens (tertiary/aromatic N) is 2. The summed E-state index contributed by atoms with van der Waals surface area (Å²) in [4.78, 5) is 6.38. The van der Waals surface area contributed by atoms with Gasteiger partial charge in [-0.3, -0.25) is 4.90 Å². The van der Waals surface area contributed by atoms with Gasteiger partial charge in [-0.25, -0.2) is 4.98 Å². The first-order valence-electron chi connectivity index (χ1n) is 5.28. The first-order valence-corrected chi connectivity index (χ1v) is 5.66. The molecule has 0 spiro atoms. The van der Waals surface area contributed by atoms with Gasteiger partial charge in [-0.05, 0) is 33.4 Å². The number of rotatable bonds is 4. The van der Waals surface area contributed by atoms with Crippen LogP contribution in [-0.2, 0) is 6.54 Å². The van der Waals surface area contributed by atoms with Crippen molar-refractivity contribution in [2.24, 2.45) is 0 Å². The van der Waals surface area contributed by atoms with Crippen molar-refractivity contribution in [3.05, 3.63) is 29.0 Å². The molecule has 0 saturated heterocycles. The van der Waals surface area contributed by atoms with Crippen LogP contribution >= 0.6 is 11.6 Å². The van der Waals surface area contributed by atoms with Gasteiger partial charge in [0, 0.05) is 23.8 Å². The highest BCUT2D eigenvalue weighted by Crippen LogP contribution is 2.21. The van der Waals surface area contributed by atoms with Gasteiger partial charge in [-0.2, -0.15) is 0 Å². The van der Waals surface area contributed by atoms with Crippen LogP contribution in [0.5, 0.6) is 0 Å². The Hall–Kier alpha value is -0.600. The number of aromatic nitrogens is 1. The fraction of sp³-hybridized carbons (Fsp3) is 0.583. The zero-order chi connectivity index (χ0) is 11.5. The standard InChI is InChI=1S/C12H19ClN2/c1-5-12(2,3)15(4)9-10-7-6-8-14-11(10)13/h6-8H,5,9H2,1-4H3. The Kier molecular flexibility index (Phi) is 4.12. The van der Waals surface area contributed by atoms with Gasteiger partial charge in [0.2, 0.25) is 0 Å². The first kappa shape index (κ1) is 12.5. The lowest BCUT2D eigenvalue weighted by molar-refractivity contribution is 0.143. The summed E-state index contributed by atoms with van der Waals surface area (Å²) >= 11 is 6.02. The molecule has 0 saturated carbocycles. The fourth-order valence-electron chi connectivity index (χ4n) is 1.28. The second-order valence-corrected chi connectivity index (χ2v) is 4.83. The highest BCUT2D eigenvalue weighted by atomic mass is 35.5. The van der Waals surface area contributed by atoms with Gasteiger partial charge in [0.25, 0.3) is 0 Å². The van der Waals surface area contributed by atoms with E-state index >= 15 is 0 Å². The summed E-state index contributed by atoms with van der Waals surface area (Å²) in [5.74, 6) is 0. The molecule has 0 aliphatic rings. The van der Waals surface area contributed by atoms with Crippen molar-refractivity contribution in [2.45, 2.75) is 39.3 Å². The van der Waals surface area contributed by atoms with E-state index in [-0.39, 0.29) is 5.54 Å². The van der Waals surface area contributed by atoms with Crippen molar-refractivity contribution in [1.82, 2.24) is 9.88 Å². The van der Waals surface area contributed by atoms with Gasteiger partial charge < -0.3 is 0 Å². The predicted octanol–water partition coefficient (Wildman–Crippen LogP) is 3.36. The summed E-state index contributed by atoms with van der Waals surface area (Å²) in [6.07, 6.45) is 2.83. The molecule has 1 aromatic heterocycles.